The van der Waals surface area contributed by atoms with Crippen molar-refractivity contribution in [3.8, 4) is 5.75 Å². The molecular weight excluding hydrogens is 396 g/mol. The lowest BCUT2D eigenvalue weighted by molar-refractivity contribution is 0.413. The molecule has 0 unspecified atom stereocenters. The highest BCUT2D eigenvalue weighted by molar-refractivity contribution is 7.00. The van der Waals surface area contributed by atoms with Gasteiger partial charge in [0, 0.05) is 23.1 Å². The highest BCUT2D eigenvalue weighted by Gasteiger charge is 2.52. The highest BCUT2D eigenvalue weighted by Crippen LogP contribution is 2.40. The van der Waals surface area contributed by atoms with Crippen molar-refractivity contribution in [1.29, 1.82) is 0 Å². The molecule has 3 nitrogen and oxygen atoms in total. The van der Waals surface area contributed by atoms with Gasteiger partial charge in [0.05, 0.1) is 5.52 Å². The number of aromatic amines is 1. The number of H-pyrrole nitrogens is 1. The maximum atomic E-state index is 7.14. The van der Waals surface area contributed by atoms with E-state index in [1.165, 1.54) is 40.7 Å². The molecule has 0 atom stereocenters. The molecule has 0 aliphatic heterocycles. The van der Waals surface area contributed by atoms with Crippen LogP contribution in [0.15, 0.2) is 78.9 Å². The van der Waals surface area contributed by atoms with Crippen molar-refractivity contribution in [3.05, 3.63) is 84.6 Å². The molecule has 1 aliphatic rings. The zero-order valence-corrected chi connectivity index (χ0v) is 19.6. The average molecular weight is 427 g/mol. The summed E-state index contributed by atoms with van der Waals surface area (Å²) in [5, 5.41) is 11.7. The molecule has 5 rings (SSSR count). The molecule has 1 aromatic heterocycles. The van der Waals surface area contributed by atoms with Gasteiger partial charge >= 0.3 is 8.32 Å². The van der Waals surface area contributed by atoms with Gasteiger partial charge in [-0.2, -0.15) is 5.10 Å². The Morgan fingerprint density at radius 1 is 0.871 bits per heavy atom. The number of fused-ring (bicyclic) bond motifs is 1. The molecule has 0 bridgehead atoms. The van der Waals surface area contributed by atoms with Crippen molar-refractivity contribution in [2.45, 2.75) is 51.0 Å². The largest absolute Gasteiger partial charge is 0.534 e. The van der Waals surface area contributed by atoms with Crippen LogP contribution in [0, 0.1) is 0 Å². The normalized spacial score (nSPS) is 15.1. The maximum Gasteiger partial charge on any atom is 0.319 e. The van der Waals surface area contributed by atoms with Crippen LogP contribution in [0.1, 0.15) is 51.6 Å². The number of benzene rings is 3. The van der Waals surface area contributed by atoms with E-state index >= 15 is 0 Å². The number of nitrogens with one attached hydrogen (secondary N) is 1. The summed E-state index contributed by atoms with van der Waals surface area (Å²) in [6.07, 6.45) is 3.84. The number of hydrogen-bond donors (Lipinski definition) is 1. The summed E-state index contributed by atoms with van der Waals surface area (Å²) < 4.78 is 7.14. The second-order valence-corrected chi connectivity index (χ2v) is 13.9. The number of hydrogen-bond acceptors (Lipinski definition) is 2. The van der Waals surface area contributed by atoms with Crippen LogP contribution in [0.3, 0.4) is 0 Å². The van der Waals surface area contributed by atoms with Gasteiger partial charge in [-0.25, -0.2) is 0 Å². The van der Waals surface area contributed by atoms with E-state index in [1.807, 2.05) is 0 Å². The van der Waals surface area contributed by atoms with Crippen LogP contribution in [0.25, 0.3) is 10.9 Å². The zero-order valence-electron chi connectivity index (χ0n) is 18.6. The van der Waals surface area contributed by atoms with Crippen molar-refractivity contribution in [3.63, 3.8) is 0 Å². The van der Waals surface area contributed by atoms with Crippen LogP contribution in [0.2, 0.25) is 5.04 Å². The lowest BCUT2D eigenvalue weighted by Crippen LogP contribution is -2.68. The van der Waals surface area contributed by atoms with Crippen molar-refractivity contribution in [2.75, 3.05) is 0 Å². The average Bonchev–Trinajstić information content (AvgIpc) is 3.14. The number of rotatable bonds is 5. The predicted octanol–water partition coefficient (Wildman–Crippen LogP) is 5.77. The standard InChI is InChI=1S/C27H30N2OSi/c1-27(2,3)31(22-13-6-4-7-14-22,23-15-8-5-9-16-23)30-21-17-18-24-25(19-21)28-29-26(24)20-11-10-12-20/h4-9,13-20H,10-12H2,1-3H3,(H,28,29). The van der Waals surface area contributed by atoms with E-state index in [1.54, 1.807) is 0 Å². The van der Waals surface area contributed by atoms with Crippen molar-refractivity contribution in [2.24, 2.45) is 0 Å². The first-order valence-corrected chi connectivity index (χ1v) is 13.2. The van der Waals surface area contributed by atoms with Crippen LogP contribution >= 0.6 is 0 Å². The summed E-state index contributed by atoms with van der Waals surface area (Å²) in [6.45, 7) is 6.92. The minimum atomic E-state index is -2.63. The van der Waals surface area contributed by atoms with Gasteiger partial charge in [0.1, 0.15) is 5.75 Å². The summed E-state index contributed by atoms with van der Waals surface area (Å²) in [5.41, 5.74) is 2.29. The van der Waals surface area contributed by atoms with Gasteiger partial charge in [0.25, 0.3) is 0 Å². The smallest absolute Gasteiger partial charge is 0.319 e. The molecule has 1 saturated carbocycles. The Hall–Kier alpha value is -2.85. The van der Waals surface area contributed by atoms with E-state index in [-0.39, 0.29) is 5.04 Å². The van der Waals surface area contributed by atoms with E-state index in [0.29, 0.717) is 5.92 Å². The molecule has 158 valence electrons. The second kappa shape index (κ2) is 7.68. The lowest BCUT2D eigenvalue weighted by Gasteiger charge is -2.43. The predicted molar refractivity (Wildman–Crippen MR) is 131 cm³/mol. The second-order valence-electron chi connectivity index (χ2n) is 9.71. The number of aromatic nitrogens is 2. The maximum absolute atomic E-state index is 7.14. The minimum Gasteiger partial charge on any atom is -0.534 e. The Labute approximate surface area is 185 Å². The molecule has 0 amide bonds. The van der Waals surface area contributed by atoms with Gasteiger partial charge in [-0.3, -0.25) is 5.10 Å². The molecule has 4 aromatic rings. The first kappa shape index (κ1) is 20.1. The van der Waals surface area contributed by atoms with Crippen LogP contribution < -0.4 is 14.8 Å². The van der Waals surface area contributed by atoms with Crippen LogP contribution in [0.5, 0.6) is 5.75 Å². The molecule has 0 spiro atoms. The fourth-order valence-electron chi connectivity index (χ4n) is 4.91. The number of nitrogens with zero attached hydrogens (tertiary/aromatic N) is 1. The quantitative estimate of drug-likeness (QED) is 0.411. The lowest BCUT2D eigenvalue weighted by atomic mass is 9.82. The summed E-state index contributed by atoms with van der Waals surface area (Å²) >= 11 is 0. The Morgan fingerprint density at radius 3 is 2.00 bits per heavy atom. The fourth-order valence-corrected chi connectivity index (χ4v) is 9.32. The van der Waals surface area contributed by atoms with Gasteiger partial charge in [0.15, 0.2) is 0 Å². The van der Waals surface area contributed by atoms with E-state index in [2.05, 4.69) is 110 Å². The molecule has 1 aliphatic carbocycles. The van der Waals surface area contributed by atoms with Crippen LogP contribution in [-0.2, 0) is 0 Å². The first-order chi connectivity index (χ1) is 15.0. The van der Waals surface area contributed by atoms with E-state index in [4.69, 9.17) is 4.43 Å². The van der Waals surface area contributed by atoms with Gasteiger partial charge in [-0.15, -0.1) is 0 Å². The summed E-state index contributed by atoms with van der Waals surface area (Å²) in [7, 11) is -2.63. The molecule has 0 saturated heterocycles. The van der Waals surface area contributed by atoms with Crippen LogP contribution in [0.4, 0.5) is 0 Å². The van der Waals surface area contributed by atoms with Gasteiger partial charge < -0.3 is 4.43 Å². The third kappa shape index (κ3) is 3.39. The van der Waals surface area contributed by atoms with Gasteiger partial charge in [0.2, 0.25) is 0 Å². The Kier molecular flexibility index (Phi) is 4.98. The molecule has 1 fully saturated rings. The van der Waals surface area contributed by atoms with Gasteiger partial charge in [-0.1, -0.05) is 87.9 Å². The fraction of sp³-hybridized carbons (Fsp3) is 0.296. The molecule has 4 heteroatoms. The third-order valence-corrected chi connectivity index (χ3v) is 11.7. The van der Waals surface area contributed by atoms with Crippen LogP contribution in [-0.4, -0.2) is 18.5 Å². The van der Waals surface area contributed by atoms with Crippen molar-refractivity contribution >= 4 is 29.6 Å². The summed E-state index contributed by atoms with van der Waals surface area (Å²) in [6, 6.07) is 28.0. The topological polar surface area (TPSA) is 37.9 Å². The first-order valence-electron chi connectivity index (χ1n) is 11.3. The monoisotopic (exact) mass is 426 g/mol. The molecule has 31 heavy (non-hydrogen) atoms. The molecule has 3 aromatic carbocycles. The summed E-state index contributed by atoms with van der Waals surface area (Å²) in [5.74, 6) is 1.53. The Balaban J connectivity index is 1.64. The minimum absolute atomic E-state index is 0.0622. The van der Waals surface area contributed by atoms with E-state index in [0.717, 1.165) is 11.3 Å². The van der Waals surface area contributed by atoms with Gasteiger partial charge in [-0.05, 0) is 40.4 Å². The third-order valence-electron chi connectivity index (χ3n) is 6.76. The molecule has 1 heterocycles. The van der Waals surface area contributed by atoms with E-state index < -0.39 is 8.32 Å². The summed E-state index contributed by atoms with van der Waals surface area (Å²) in [4.78, 5) is 0. The van der Waals surface area contributed by atoms with Crippen molar-refractivity contribution in [1.82, 2.24) is 10.2 Å². The highest BCUT2D eigenvalue weighted by atomic mass is 28.4. The zero-order chi connectivity index (χ0) is 21.5. The molecule has 1 N–H and O–H groups in total. The Bertz CT molecular complexity index is 1130. The Morgan fingerprint density at radius 2 is 1.48 bits per heavy atom. The SMILES string of the molecule is CC(C)(C)[Si](Oc1ccc2c(C3CCC3)[nH]nc2c1)(c1ccccc1)c1ccccc1. The van der Waals surface area contributed by atoms with Crippen molar-refractivity contribution < 1.29 is 4.43 Å². The molecular formula is C27H30N2OSi. The molecule has 0 radical (unpaired) electrons. The van der Waals surface area contributed by atoms with E-state index in [9.17, 15) is 0 Å².